The van der Waals surface area contributed by atoms with Gasteiger partial charge in [-0.15, -0.1) is 0 Å². The topological polar surface area (TPSA) is 205 Å². The third-order valence-electron chi connectivity index (χ3n) is 4.97. The summed E-state index contributed by atoms with van der Waals surface area (Å²) in [4.78, 5) is 61.5. The van der Waals surface area contributed by atoms with Crippen LogP contribution in [-0.4, -0.2) is 81.5 Å². The lowest BCUT2D eigenvalue weighted by Gasteiger charge is -2.31. The minimum atomic E-state index is -1.52. The van der Waals surface area contributed by atoms with E-state index in [1.807, 2.05) is 13.8 Å². The van der Waals surface area contributed by atoms with E-state index in [4.69, 9.17) is 16.6 Å². The zero-order valence-corrected chi connectivity index (χ0v) is 18.0. The molecule has 12 heteroatoms. The third kappa shape index (κ3) is 7.79. The van der Waals surface area contributed by atoms with Crippen LogP contribution in [0.1, 0.15) is 46.5 Å². The number of rotatable bonds is 11. The predicted octanol–water partition coefficient (Wildman–Crippen LogP) is -2.34. The maximum absolute atomic E-state index is 13.0. The normalized spacial score (nSPS) is 19.9. The van der Waals surface area contributed by atoms with Crippen LogP contribution in [0.2, 0.25) is 0 Å². The Bertz CT molecular complexity index is 697. The van der Waals surface area contributed by atoms with Crippen LogP contribution in [0.5, 0.6) is 0 Å². The molecule has 8 N–H and O–H groups in total. The zero-order valence-electron chi connectivity index (χ0n) is 18.0. The van der Waals surface area contributed by atoms with Gasteiger partial charge in [-0.25, -0.2) is 4.79 Å². The second kappa shape index (κ2) is 11.6. The van der Waals surface area contributed by atoms with Crippen LogP contribution in [0.15, 0.2) is 0 Å². The lowest BCUT2D eigenvalue weighted by atomic mass is 10.0. The average molecular weight is 444 g/mol. The first-order valence-corrected chi connectivity index (χ1v) is 10.2. The molecule has 5 unspecified atom stereocenters. The number of hydrogen-bond donors (Lipinski definition) is 6. The number of nitrogens with zero attached hydrogens (tertiary/aromatic N) is 1. The molecule has 1 rings (SSSR count). The molecule has 0 bridgehead atoms. The molecule has 4 amide bonds. The van der Waals surface area contributed by atoms with Gasteiger partial charge in [-0.05, 0) is 32.1 Å². The summed E-state index contributed by atoms with van der Waals surface area (Å²) in [5.41, 5.74) is 10.9. The number of nitrogens with two attached hydrogens (primary N) is 2. The molecule has 5 atom stereocenters. The number of aliphatic carboxylic acids is 1. The molecule has 0 spiro atoms. The van der Waals surface area contributed by atoms with Gasteiger partial charge in [-0.2, -0.15) is 0 Å². The Morgan fingerprint density at radius 1 is 1.13 bits per heavy atom. The van der Waals surface area contributed by atoms with E-state index in [2.05, 4.69) is 10.6 Å². The van der Waals surface area contributed by atoms with E-state index in [0.29, 0.717) is 12.8 Å². The molecule has 0 aliphatic carbocycles. The van der Waals surface area contributed by atoms with Gasteiger partial charge >= 0.3 is 5.97 Å². The molecule has 0 radical (unpaired) electrons. The highest BCUT2D eigenvalue weighted by molar-refractivity contribution is 5.95. The van der Waals surface area contributed by atoms with E-state index in [1.54, 1.807) is 0 Å². The molecule has 31 heavy (non-hydrogen) atoms. The molecule has 0 aromatic carbocycles. The molecular weight excluding hydrogens is 410 g/mol. The number of aliphatic hydroxyl groups excluding tert-OH is 1. The summed E-state index contributed by atoms with van der Waals surface area (Å²) < 4.78 is 0. The fourth-order valence-electron chi connectivity index (χ4n) is 3.41. The number of likely N-dealkylation sites (tertiary alicyclic amines) is 1. The Hall–Kier alpha value is -2.73. The van der Waals surface area contributed by atoms with Crippen molar-refractivity contribution < 1.29 is 34.2 Å². The smallest absolute Gasteiger partial charge is 0.326 e. The number of carbonyl (C=O) groups is 5. The van der Waals surface area contributed by atoms with Gasteiger partial charge in [0.2, 0.25) is 23.6 Å². The van der Waals surface area contributed by atoms with Gasteiger partial charge in [-0.3, -0.25) is 19.2 Å². The highest BCUT2D eigenvalue weighted by Gasteiger charge is 2.40. The van der Waals surface area contributed by atoms with Crippen LogP contribution >= 0.6 is 0 Å². The number of aliphatic hydroxyl groups is 1. The molecule has 0 aromatic heterocycles. The summed E-state index contributed by atoms with van der Waals surface area (Å²) in [7, 11) is 0. The van der Waals surface area contributed by atoms with Gasteiger partial charge < -0.3 is 37.2 Å². The number of carboxylic acids is 1. The average Bonchev–Trinajstić information content (AvgIpc) is 3.13. The van der Waals surface area contributed by atoms with Crippen LogP contribution in [-0.2, 0) is 24.0 Å². The van der Waals surface area contributed by atoms with Crippen molar-refractivity contribution >= 4 is 29.6 Å². The van der Waals surface area contributed by atoms with Crippen LogP contribution in [0.4, 0.5) is 0 Å². The van der Waals surface area contributed by atoms with Gasteiger partial charge in [-0.1, -0.05) is 13.8 Å². The van der Waals surface area contributed by atoms with E-state index in [-0.39, 0.29) is 18.9 Å². The Balaban J connectivity index is 2.92. The van der Waals surface area contributed by atoms with Gasteiger partial charge in [0, 0.05) is 6.54 Å². The summed E-state index contributed by atoms with van der Waals surface area (Å²) in [6.07, 6.45) is -0.744. The van der Waals surface area contributed by atoms with Gasteiger partial charge in [0.15, 0.2) is 0 Å². The summed E-state index contributed by atoms with van der Waals surface area (Å²) in [6.45, 7) is 5.29. The predicted molar refractivity (Wildman–Crippen MR) is 109 cm³/mol. The maximum atomic E-state index is 13.0. The first-order valence-electron chi connectivity index (χ1n) is 10.2. The fraction of sp³-hybridized carbons (Fsp3) is 0.737. The summed E-state index contributed by atoms with van der Waals surface area (Å²) in [5.74, 6) is -4.22. The van der Waals surface area contributed by atoms with Crippen LogP contribution in [0.25, 0.3) is 0 Å². The number of amides is 4. The second-order valence-corrected chi connectivity index (χ2v) is 8.22. The molecule has 1 aliphatic heterocycles. The molecule has 176 valence electrons. The Labute approximate surface area is 180 Å². The van der Waals surface area contributed by atoms with E-state index in [0.717, 1.165) is 0 Å². The van der Waals surface area contributed by atoms with Gasteiger partial charge in [0.25, 0.3) is 0 Å². The molecular formula is C19H33N5O7. The highest BCUT2D eigenvalue weighted by Crippen LogP contribution is 2.20. The number of primary amides is 1. The van der Waals surface area contributed by atoms with Gasteiger partial charge in [0.1, 0.15) is 18.1 Å². The molecule has 1 heterocycles. The molecule has 12 nitrogen and oxygen atoms in total. The van der Waals surface area contributed by atoms with Crippen LogP contribution in [0.3, 0.4) is 0 Å². The summed E-state index contributed by atoms with van der Waals surface area (Å²) in [5, 5.41) is 23.9. The first-order chi connectivity index (χ1) is 14.3. The lowest BCUT2D eigenvalue weighted by Crippen LogP contribution is -2.59. The monoisotopic (exact) mass is 443 g/mol. The van der Waals surface area contributed by atoms with E-state index in [9.17, 15) is 29.1 Å². The fourth-order valence-corrected chi connectivity index (χ4v) is 3.41. The van der Waals surface area contributed by atoms with E-state index >= 15 is 0 Å². The number of carbonyl (C=O) groups excluding carboxylic acids is 4. The van der Waals surface area contributed by atoms with Crippen molar-refractivity contribution in [2.45, 2.75) is 76.7 Å². The number of nitrogens with one attached hydrogen (secondary N) is 2. The molecule has 0 aromatic rings. The van der Waals surface area contributed by atoms with Crippen molar-refractivity contribution in [1.82, 2.24) is 15.5 Å². The van der Waals surface area contributed by atoms with Crippen molar-refractivity contribution in [2.75, 3.05) is 6.54 Å². The number of hydrogen-bond acceptors (Lipinski definition) is 7. The lowest BCUT2D eigenvalue weighted by molar-refractivity contribution is -0.146. The van der Waals surface area contributed by atoms with Crippen molar-refractivity contribution in [3.63, 3.8) is 0 Å². The standard InChI is InChI=1S/C19H33N5O7/c1-9(2)7-11(20)16(27)23-15(10(3)25)18(29)24-6-4-5-13(24)17(28)22-12(19(30)31)8-14(21)26/h9-13,15,25H,4-8,20H2,1-3H3,(H2,21,26)(H,22,28)(H,23,27)(H,30,31). The minimum Gasteiger partial charge on any atom is -0.480 e. The Morgan fingerprint density at radius 2 is 1.74 bits per heavy atom. The quantitative estimate of drug-likeness (QED) is 0.203. The van der Waals surface area contributed by atoms with Crippen LogP contribution in [0, 0.1) is 5.92 Å². The SMILES string of the molecule is CC(C)CC(N)C(=O)NC(C(=O)N1CCCC1C(=O)NC(CC(N)=O)C(=O)O)C(C)O. The van der Waals surface area contributed by atoms with E-state index in [1.165, 1.54) is 11.8 Å². The second-order valence-electron chi connectivity index (χ2n) is 8.22. The zero-order chi connectivity index (χ0) is 23.9. The van der Waals surface area contributed by atoms with Crippen molar-refractivity contribution in [3.8, 4) is 0 Å². The maximum Gasteiger partial charge on any atom is 0.326 e. The Kier molecular flexibility index (Phi) is 9.85. The van der Waals surface area contributed by atoms with Crippen molar-refractivity contribution in [3.05, 3.63) is 0 Å². The molecule has 1 saturated heterocycles. The van der Waals surface area contributed by atoms with Crippen LogP contribution < -0.4 is 22.1 Å². The highest BCUT2D eigenvalue weighted by atomic mass is 16.4. The van der Waals surface area contributed by atoms with Crippen molar-refractivity contribution in [2.24, 2.45) is 17.4 Å². The number of carboxylic acid groups (broad SMARTS) is 1. The Morgan fingerprint density at radius 3 is 2.23 bits per heavy atom. The molecule has 0 saturated carbocycles. The molecule has 1 fully saturated rings. The summed E-state index contributed by atoms with van der Waals surface area (Å²) >= 11 is 0. The third-order valence-corrected chi connectivity index (χ3v) is 4.97. The summed E-state index contributed by atoms with van der Waals surface area (Å²) in [6, 6.07) is -4.72. The minimum absolute atomic E-state index is 0.149. The first kappa shape index (κ1) is 26.3. The van der Waals surface area contributed by atoms with E-state index < -0.39 is 66.3 Å². The van der Waals surface area contributed by atoms with Gasteiger partial charge in [0.05, 0.1) is 18.6 Å². The van der Waals surface area contributed by atoms with Crippen molar-refractivity contribution in [1.29, 1.82) is 0 Å². The largest absolute Gasteiger partial charge is 0.480 e. The molecule has 1 aliphatic rings.